The summed E-state index contributed by atoms with van der Waals surface area (Å²) in [6.45, 7) is 8.28. The van der Waals surface area contributed by atoms with Crippen LogP contribution in [0.4, 0.5) is 5.82 Å². The Kier molecular flexibility index (Phi) is 11.2. The Morgan fingerprint density at radius 3 is 2.73 bits per heavy atom. The average molecular weight is 528 g/mol. The molecule has 3 rings (SSSR count). The topological polar surface area (TPSA) is 72.9 Å². The van der Waals surface area contributed by atoms with Crippen molar-refractivity contribution in [3.05, 3.63) is 23.9 Å². The highest BCUT2D eigenvalue weighted by Crippen LogP contribution is 2.18. The van der Waals surface area contributed by atoms with Crippen molar-refractivity contribution in [3.8, 4) is 0 Å². The normalized spacial score (nSPS) is 17.5. The molecule has 1 aromatic heterocycles. The van der Waals surface area contributed by atoms with E-state index < -0.39 is 0 Å². The van der Waals surface area contributed by atoms with Crippen LogP contribution in [0.3, 0.4) is 0 Å². The maximum absolute atomic E-state index is 12.1. The number of anilines is 1. The van der Waals surface area contributed by atoms with Gasteiger partial charge in [0.15, 0.2) is 5.96 Å². The number of carbonyl (C=O) groups excluding carboxylic acids is 1. The molecule has 2 N–H and O–H groups in total. The summed E-state index contributed by atoms with van der Waals surface area (Å²) in [4.78, 5) is 25.7. The van der Waals surface area contributed by atoms with Gasteiger partial charge >= 0.3 is 0 Å². The lowest BCUT2D eigenvalue weighted by Gasteiger charge is -2.20. The number of halogens is 1. The van der Waals surface area contributed by atoms with E-state index in [4.69, 9.17) is 4.99 Å². The molecule has 1 aromatic rings. The van der Waals surface area contributed by atoms with E-state index in [1.165, 1.54) is 24.8 Å². The number of amides is 1. The first-order valence-electron chi connectivity index (χ1n) is 11.3. The van der Waals surface area contributed by atoms with Crippen molar-refractivity contribution in [3.63, 3.8) is 0 Å². The first-order valence-corrected chi connectivity index (χ1v) is 11.3. The van der Waals surface area contributed by atoms with Crippen molar-refractivity contribution in [2.24, 2.45) is 4.99 Å². The summed E-state index contributed by atoms with van der Waals surface area (Å²) in [5.74, 6) is 2.21. The zero-order valence-electron chi connectivity index (χ0n) is 18.2. The van der Waals surface area contributed by atoms with Crippen molar-refractivity contribution in [2.75, 3.05) is 44.2 Å². The summed E-state index contributed by atoms with van der Waals surface area (Å²) in [6, 6.07) is 4.20. The highest BCUT2D eigenvalue weighted by atomic mass is 127. The Morgan fingerprint density at radius 1 is 1.13 bits per heavy atom. The zero-order valence-corrected chi connectivity index (χ0v) is 20.6. The molecule has 0 unspecified atom stereocenters. The number of nitrogens with one attached hydrogen (secondary N) is 2. The van der Waals surface area contributed by atoms with Crippen LogP contribution in [0.25, 0.3) is 0 Å². The fourth-order valence-corrected chi connectivity index (χ4v) is 3.94. The molecular formula is C22H37IN6O. The maximum atomic E-state index is 12.1. The van der Waals surface area contributed by atoms with Crippen LogP contribution in [0.15, 0.2) is 23.3 Å². The Balaban J connectivity index is 0.00000320. The number of rotatable bonds is 8. The number of aromatic nitrogens is 1. The van der Waals surface area contributed by atoms with Gasteiger partial charge in [0.25, 0.3) is 0 Å². The number of likely N-dealkylation sites (tertiary alicyclic amines) is 1. The van der Waals surface area contributed by atoms with Gasteiger partial charge in [0.2, 0.25) is 5.91 Å². The molecule has 2 fully saturated rings. The fourth-order valence-electron chi connectivity index (χ4n) is 3.94. The van der Waals surface area contributed by atoms with Crippen molar-refractivity contribution in [1.82, 2.24) is 20.5 Å². The molecule has 7 nitrogen and oxygen atoms in total. The summed E-state index contributed by atoms with van der Waals surface area (Å²) in [6.07, 6.45) is 9.38. The first kappa shape index (κ1) is 24.7. The monoisotopic (exact) mass is 528 g/mol. The first-order chi connectivity index (χ1) is 14.3. The molecule has 0 bridgehead atoms. The number of pyridine rings is 1. The van der Waals surface area contributed by atoms with E-state index in [0.29, 0.717) is 18.9 Å². The Morgan fingerprint density at radius 2 is 1.93 bits per heavy atom. The summed E-state index contributed by atoms with van der Waals surface area (Å²) in [5.41, 5.74) is 1.18. The lowest BCUT2D eigenvalue weighted by molar-refractivity contribution is -0.130. The molecule has 2 aliphatic rings. The van der Waals surface area contributed by atoms with Gasteiger partial charge in [0.05, 0.1) is 6.54 Å². The van der Waals surface area contributed by atoms with Crippen LogP contribution in [0.1, 0.15) is 57.4 Å². The van der Waals surface area contributed by atoms with Gasteiger partial charge in [-0.2, -0.15) is 0 Å². The van der Waals surface area contributed by atoms with E-state index in [1.807, 2.05) is 17.2 Å². The number of carbonyl (C=O) groups is 1. The molecule has 8 heteroatoms. The second kappa shape index (κ2) is 13.7. The molecule has 0 atom stereocenters. The van der Waals surface area contributed by atoms with Gasteiger partial charge < -0.3 is 20.4 Å². The largest absolute Gasteiger partial charge is 0.357 e. The van der Waals surface area contributed by atoms with Crippen LogP contribution < -0.4 is 15.5 Å². The van der Waals surface area contributed by atoms with Gasteiger partial charge in [-0.3, -0.25) is 4.79 Å². The molecule has 1 amide bonds. The number of nitrogens with zero attached hydrogens (tertiary/aromatic N) is 4. The quantitative estimate of drug-likeness (QED) is 0.235. The molecule has 2 aliphatic heterocycles. The fraction of sp³-hybridized carbons (Fsp3) is 0.682. The molecule has 168 valence electrons. The molecule has 0 saturated carbocycles. The number of hydrogen-bond acceptors (Lipinski definition) is 4. The third kappa shape index (κ3) is 7.92. The van der Waals surface area contributed by atoms with Gasteiger partial charge in [-0.1, -0.05) is 6.42 Å². The van der Waals surface area contributed by atoms with Gasteiger partial charge in [-0.05, 0) is 56.7 Å². The van der Waals surface area contributed by atoms with Crippen LogP contribution in [-0.2, 0) is 11.3 Å². The standard InChI is InChI=1S/C22H36N6O.HI/c1-2-23-22(25-11-8-16-28-15-5-3-4-9-21(28)29)26-18-19-10-12-24-20(17-19)27-13-6-7-14-27;/h10,12,17H,2-9,11,13-16,18H2,1H3,(H2,23,25,26);1H. The van der Waals surface area contributed by atoms with E-state index in [1.54, 1.807) is 0 Å². The van der Waals surface area contributed by atoms with Crippen LogP contribution in [0.2, 0.25) is 0 Å². The Hall–Kier alpha value is -1.58. The second-order valence-corrected chi connectivity index (χ2v) is 7.88. The number of hydrogen-bond donors (Lipinski definition) is 2. The van der Waals surface area contributed by atoms with Crippen LogP contribution in [0.5, 0.6) is 0 Å². The minimum atomic E-state index is 0. The summed E-state index contributed by atoms with van der Waals surface area (Å²) in [5, 5.41) is 6.72. The van der Waals surface area contributed by atoms with E-state index in [9.17, 15) is 4.79 Å². The molecular weight excluding hydrogens is 491 g/mol. The van der Waals surface area contributed by atoms with Crippen LogP contribution in [0, 0.1) is 0 Å². The summed E-state index contributed by atoms with van der Waals surface area (Å²) < 4.78 is 0. The lowest BCUT2D eigenvalue weighted by Crippen LogP contribution is -2.39. The van der Waals surface area contributed by atoms with Gasteiger partial charge in [-0.15, -0.1) is 24.0 Å². The molecule has 30 heavy (non-hydrogen) atoms. The molecule has 0 spiro atoms. The third-order valence-electron chi connectivity index (χ3n) is 5.57. The smallest absolute Gasteiger partial charge is 0.222 e. The van der Waals surface area contributed by atoms with Crippen molar-refractivity contribution < 1.29 is 4.79 Å². The Bertz CT molecular complexity index is 677. The zero-order chi connectivity index (χ0) is 20.3. The molecule has 3 heterocycles. The predicted molar refractivity (Wildman–Crippen MR) is 134 cm³/mol. The average Bonchev–Trinajstić information content (AvgIpc) is 3.20. The summed E-state index contributed by atoms with van der Waals surface area (Å²) >= 11 is 0. The van der Waals surface area contributed by atoms with E-state index in [0.717, 1.165) is 70.3 Å². The molecule has 0 aliphatic carbocycles. The predicted octanol–water partition coefficient (Wildman–Crippen LogP) is 3.15. The molecule has 0 radical (unpaired) electrons. The maximum Gasteiger partial charge on any atom is 0.222 e. The van der Waals surface area contributed by atoms with Crippen molar-refractivity contribution in [1.29, 1.82) is 0 Å². The van der Waals surface area contributed by atoms with E-state index in [-0.39, 0.29) is 24.0 Å². The minimum Gasteiger partial charge on any atom is -0.357 e. The lowest BCUT2D eigenvalue weighted by atomic mass is 10.2. The van der Waals surface area contributed by atoms with Crippen molar-refractivity contribution >= 4 is 41.7 Å². The second-order valence-electron chi connectivity index (χ2n) is 7.88. The SMILES string of the molecule is CCNC(=NCc1ccnc(N2CCCC2)c1)NCCCN1CCCCCC1=O.I. The van der Waals surface area contributed by atoms with Crippen molar-refractivity contribution in [2.45, 2.75) is 58.4 Å². The Labute approximate surface area is 198 Å². The van der Waals surface area contributed by atoms with Crippen LogP contribution in [-0.4, -0.2) is 61.0 Å². The van der Waals surface area contributed by atoms with Crippen LogP contribution >= 0.6 is 24.0 Å². The van der Waals surface area contributed by atoms with Gasteiger partial charge in [0, 0.05) is 51.9 Å². The minimum absolute atomic E-state index is 0. The highest BCUT2D eigenvalue weighted by Gasteiger charge is 2.16. The van der Waals surface area contributed by atoms with E-state index in [2.05, 4.69) is 33.5 Å². The number of guanidine groups is 1. The summed E-state index contributed by atoms with van der Waals surface area (Å²) in [7, 11) is 0. The molecule has 2 saturated heterocycles. The third-order valence-corrected chi connectivity index (χ3v) is 5.57. The highest BCUT2D eigenvalue weighted by molar-refractivity contribution is 14.0. The van der Waals surface area contributed by atoms with Gasteiger partial charge in [-0.25, -0.2) is 9.98 Å². The number of aliphatic imine (C=N–C) groups is 1. The van der Waals surface area contributed by atoms with Gasteiger partial charge in [0.1, 0.15) is 5.82 Å². The van der Waals surface area contributed by atoms with E-state index >= 15 is 0 Å². The molecule has 0 aromatic carbocycles.